The first kappa shape index (κ1) is 18.4. The highest BCUT2D eigenvalue weighted by atomic mass is 35.5. The predicted molar refractivity (Wildman–Crippen MR) is 114 cm³/mol. The highest BCUT2D eigenvalue weighted by Crippen LogP contribution is 2.26. The standard InChI is InChI=1S/C22H21ClN4O2/c1-15(26-9-11-28-12-10-26)29-17-6-7-20-19(13-17)24-14-27(20)21-8-5-16-3-2-4-18(23)22(16)25-21/h2-8,13-15H,9-12H2,1H3. The van der Waals surface area contributed by atoms with E-state index in [2.05, 4.69) is 16.8 Å². The molecule has 3 heterocycles. The summed E-state index contributed by atoms with van der Waals surface area (Å²) in [5, 5.41) is 1.65. The molecule has 0 saturated carbocycles. The van der Waals surface area contributed by atoms with Crippen molar-refractivity contribution in [2.45, 2.75) is 13.2 Å². The van der Waals surface area contributed by atoms with Crippen LogP contribution in [0.2, 0.25) is 5.02 Å². The zero-order chi connectivity index (χ0) is 19.8. The van der Waals surface area contributed by atoms with E-state index in [0.717, 1.165) is 59.8 Å². The maximum atomic E-state index is 6.33. The Hall–Kier alpha value is -2.67. The van der Waals surface area contributed by atoms with Crippen LogP contribution in [0.4, 0.5) is 0 Å². The zero-order valence-electron chi connectivity index (χ0n) is 16.1. The smallest absolute Gasteiger partial charge is 0.149 e. The molecule has 7 heteroatoms. The van der Waals surface area contributed by atoms with Crippen LogP contribution in [0.5, 0.6) is 5.75 Å². The Morgan fingerprint density at radius 2 is 1.97 bits per heavy atom. The minimum Gasteiger partial charge on any atom is -0.475 e. The largest absolute Gasteiger partial charge is 0.475 e. The van der Waals surface area contributed by atoms with Crippen molar-refractivity contribution in [2.24, 2.45) is 0 Å². The number of ether oxygens (including phenoxy) is 2. The van der Waals surface area contributed by atoms with Crippen molar-refractivity contribution >= 4 is 33.5 Å². The number of benzene rings is 2. The normalized spacial score (nSPS) is 16.3. The van der Waals surface area contributed by atoms with Crippen LogP contribution >= 0.6 is 11.6 Å². The summed E-state index contributed by atoms with van der Waals surface area (Å²) in [6.07, 6.45) is 1.77. The Kier molecular flexibility index (Phi) is 4.83. The summed E-state index contributed by atoms with van der Waals surface area (Å²) >= 11 is 6.33. The molecule has 1 aliphatic heterocycles. The zero-order valence-corrected chi connectivity index (χ0v) is 16.8. The summed E-state index contributed by atoms with van der Waals surface area (Å²) in [5.74, 6) is 1.58. The number of aromatic nitrogens is 3. The van der Waals surface area contributed by atoms with Gasteiger partial charge >= 0.3 is 0 Å². The third-order valence-corrected chi connectivity index (χ3v) is 5.59. The second-order valence-corrected chi connectivity index (χ2v) is 7.52. The second kappa shape index (κ2) is 7.63. The van der Waals surface area contributed by atoms with Gasteiger partial charge in [0, 0.05) is 24.5 Å². The lowest BCUT2D eigenvalue weighted by Crippen LogP contribution is -2.44. The quantitative estimate of drug-likeness (QED) is 0.504. The van der Waals surface area contributed by atoms with Gasteiger partial charge in [0.25, 0.3) is 0 Å². The fraction of sp³-hybridized carbons (Fsp3) is 0.273. The maximum Gasteiger partial charge on any atom is 0.149 e. The van der Waals surface area contributed by atoms with Gasteiger partial charge in [0.05, 0.1) is 34.8 Å². The summed E-state index contributed by atoms with van der Waals surface area (Å²) < 4.78 is 13.5. The van der Waals surface area contributed by atoms with E-state index < -0.39 is 0 Å². The van der Waals surface area contributed by atoms with Crippen molar-refractivity contribution in [1.29, 1.82) is 0 Å². The lowest BCUT2D eigenvalue weighted by atomic mass is 10.2. The number of imidazole rings is 1. The molecule has 1 unspecified atom stereocenters. The molecule has 1 saturated heterocycles. The minimum atomic E-state index is -0.0114. The third kappa shape index (κ3) is 3.55. The Balaban J connectivity index is 1.44. The highest BCUT2D eigenvalue weighted by Gasteiger charge is 2.18. The average Bonchev–Trinajstić information content (AvgIpc) is 3.18. The van der Waals surface area contributed by atoms with E-state index in [4.69, 9.17) is 26.1 Å². The number of morpholine rings is 1. The molecule has 0 amide bonds. The van der Waals surface area contributed by atoms with Gasteiger partial charge in [0.15, 0.2) is 0 Å². The van der Waals surface area contributed by atoms with Gasteiger partial charge in [-0.3, -0.25) is 9.47 Å². The number of hydrogen-bond acceptors (Lipinski definition) is 5. The van der Waals surface area contributed by atoms with E-state index in [9.17, 15) is 0 Å². The Morgan fingerprint density at radius 1 is 1.10 bits per heavy atom. The van der Waals surface area contributed by atoms with Crippen molar-refractivity contribution in [3.8, 4) is 11.6 Å². The summed E-state index contributed by atoms with van der Waals surface area (Å²) in [6, 6.07) is 15.7. The molecule has 0 radical (unpaired) electrons. The number of hydrogen-bond donors (Lipinski definition) is 0. The number of pyridine rings is 1. The average molecular weight is 409 g/mol. The molecule has 6 nitrogen and oxygen atoms in total. The lowest BCUT2D eigenvalue weighted by molar-refractivity contribution is -0.0372. The van der Waals surface area contributed by atoms with Crippen molar-refractivity contribution in [2.75, 3.05) is 26.3 Å². The Bertz CT molecular complexity index is 1170. The van der Waals surface area contributed by atoms with E-state index in [1.807, 2.05) is 53.1 Å². The van der Waals surface area contributed by atoms with Gasteiger partial charge in [-0.1, -0.05) is 23.7 Å². The van der Waals surface area contributed by atoms with Crippen molar-refractivity contribution in [1.82, 2.24) is 19.4 Å². The van der Waals surface area contributed by atoms with Crippen LogP contribution in [0.15, 0.2) is 54.9 Å². The number of halogens is 1. The van der Waals surface area contributed by atoms with Crippen LogP contribution in [0.25, 0.3) is 27.8 Å². The van der Waals surface area contributed by atoms with Gasteiger partial charge < -0.3 is 9.47 Å². The fourth-order valence-electron chi connectivity index (χ4n) is 3.70. The van der Waals surface area contributed by atoms with E-state index >= 15 is 0 Å². The van der Waals surface area contributed by atoms with Gasteiger partial charge in [-0.15, -0.1) is 0 Å². The second-order valence-electron chi connectivity index (χ2n) is 7.11. The molecule has 0 bridgehead atoms. The lowest BCUT2D eigenvalue weighted by Gasteiger charge is -2.32. The molecule has 5 rings (SSSR count). The van der Waals surface area contributed by atoms with Crippen molar-refractivity contribution in [3.63, 3.8) is 0 Å². The summed E-state index contributed by atoms with van der Waals surface area (Å²) in [4.78, 5) is 11.6. The van der Waals surface area contributed by atoms with Crippen LogP contribution in [-0.2, 0) is 4.74 Å². The van der Waals surface area contributed by atoms with Crippen molar-refractivity contribution in [3.05, 3.63) is 59.9 Å². The van der Waals surface area contributed by atoms with E-state index in [-0.39, 0.29) is 6.23 Å². The summed E-state index contributed by atoms with van der Waals surface area (Å²) in [5.41, 5.74) is 2.61. The van der Waals surface area contributed by atoms with E-state index in [1.54, 1.807) is 6.33 Å². The number of nitrogens with zero attached hydrogens (tertiary/aromatic N) is 4. The Morgan fingerprint density at radius 3 is 2.83 bits per heavy atom. The SMILES string of the molecule is CC(Oc1ccc2c(c1)ncn2-c1ccc2cccc(Cl)c2n1)N1CCOCC1. The van der Waals surface area contributed by atoms with Crippen LogP contribution in [0, 0.1) is 0 Å². The molecule has 0 spiro atoms. The number of para-hydroxylation sites is 1. The monoisotopic (exact) mass is 408 g/mol. The molecule has 1 fully saturated rings. The summed E-state index contributed by atoms with van der Waals surface area (Å²) in [7, 11) is 0. The fourth-order valence-corrected chi connectivity index (χ4v) is 3.92. The molecule has 29 heavy (non-hydrogen) atoms. The molecule has 148 valence electrons. The molecule has 2 aromatic heterocycles. The maximum absolute atomic E-state index is 6.33. The van der Waals surface area contributed by atoms with Gasteiger partial charge in [0.1, 0.15) is 24.1 Å². The minimum absolute atomic E-state index is 0.0114. The highest BCUT2D eigenvalue weighted by molar-refractivity contribution is 6.35. The molecule has 0 N–H and O–H groups in total. The van der Waals surface area contributed by atoms with E-state index in [0.29, 0.717) is 5.02 Å². The molecule has 1 atom stereocenters. The third-order valence-electron chi connectivity index (χ3n) is 5.29. The van der Waals surface area contributed by atoms with Crippen LogP contribution < -0.4 is 4.74 Å². The van der Waals surface area contributed by atoms with Crippen LogP contribution in [0.3, 0.4) is 0 Å². The van der Waals surface area contributed by atoms with Crippen LogP contribution in [-0.4, -0.2) is 52.0 Å². The van der Waals surface area contributed by atoms with Gasteiger partial charge in [0.2, 0.25) is 0 Å². The van der Waals surface area contributed by atoms with Gasteiger partial charge in [-0.2, -0.15) is 0 Å². The molecule has 1 aliphatic rings. The van der Waals surface area contributed by atoms with E-state index in [1.165, 1.54) is 0 Å². The topological polar surface area (TPSA) is 52.4 Å². The van der Waals surface area contributed by atoms with Crippen molar-refractivity contribution < 1.29 is 9.47 Å². The van der Waals surface area contributed by atoms with Crippen LogP contribution in [0.1, 0.15) is 6.92 Å². The predicted octanol–water partition coefficient (Wildman–Crippen LogP) is 4.28. The first-order valence-electron chi connectivity index (χ1n) is 9.70. The first-order chi connectivity index (χ1) is 14.2. The Labute approximate surface area is 173 Å². The molecular formula is C22H21ClN4O2. The molecule has 0 aliphatic carbocycles. The summed E-state index contributed by atoms with van der Waals surface area (Å²) in [6.45, 7) is 5.33. The molecular weight excluding hydrogens is 388 g/mol. The number of rotatable bonds is 4. The first-order valence-corrected chi connectivity index (χ1v) is 10.1. The van der Waals surface area contributed by atoms with Gasteiger partial charge in [-0.05, 0) is 37.3 Å². The number of fused-ring (bicyclic) bond motifs is 2. The van der Waals surface area contributed by atoms with Gasteiger partial charge in [-0.25, -0.2) is 9.97 Å². The molecule has 4 aromatic rings. The molecule has 2 aromatic carbocycles.